The van der Waals surface area contributed by atoms with Gasteiger partial charge in [-0.3, -0.25) is 9.78 Å². The number of hydrogen-bond donors (Lipinski definition) is 3. The predicted molar refractivity (Wildman–Crippen MR) is 91.3 cm³/mol. The number of aliphatic hydroxyl groups is 2. The normalized spacial score (nSPS) is 12.4. The van der Waals surface area contributed by atoms with E-state index in [9.17, 15) is 18.3 Å². The van der Waals surface area contributed by atoms with Crippen LogP contribution >= 0.6 is 0 Å². The van der Waals surface area contributed by atoms with Gasteiger partial charge in [0.05, 0.1) is 29.6 Å². The zero-order chi connectivity index (χ0) is 18.6. The summed E-state index contributed by atoms with van der Waals surface area (Å²) in [5.41, 5.74) is 0.766. The van der Waals surface area contributed by atoms with Crippen molar-refractivity contribution in [1.82, 2.24) is 9.97 Å². The van der Waals surface area contributed by atoms with E-state index in [0.717, 1.165) is 6.26 Å². The molecule has 1 heterocycles. The lowest BCUT2D eigenvalue weighted by Crippen LogP contribution is -2.15. The van der Waals surface area contributed by atoms with Gasteiger partial charge < -0.3 is 15.5 Å². The maximum absolute atomic E-state index is 12.2. The van der Waals surface area contributed by atoms with E-state index >= 15 is 0 Å². The molecule has 0 saturated carbocycles. The number of aliphatic hydroxyl groups excluding tert-OH is 2. The molecule has 1 amide bonds. The first-order valence-corrected chi connectivity index (χ1v) is 9.03. The van der Waals surface area contributed by atoms with Crippen LogP contribution in [0.2, 0.25) is 0 Å². The van der Waals surface area contributed by atoms with Crippen LogP contribution in [-0.2, 0) is 14.6 Å². The van der Waals surface area contributed by atoms with Gasteiger partial charge in [-0.05, 0) is 17.7 Å². The minimum atomic E-state index is -3.31. The summed E-state index contributed by atoms with van der Waals surface area (Å²) in [6.07, 6.45) is 2.44. The third-order valence-corrected chi connectivity index (χ3v) is 4.46. The highest BCUT2D eigenvalue weighted by molar-refractivity contribution is 7.90. The highest BCUT2D eigenvalue weighted by Crippen LogP contribution is 2.18. The van der Waals surface area contributed by atoms with Gasteiger partial charge in [0.2, 0.25) is 0 Å². The van der Waals surface area contributed by atoms with Crippen molar-refractivity contribution < 1.29 is 23.4 Å². The van der Waals surface area contributed by atoms with E-state index in [4.69, 9.17) is 5.11 Å². The van der Waals surface area contributed by atoms with Crippen molar-refractivity contribution in [2.24, 2.45) is 0 Å². The van der Waals surface area contributed by atoms with Crippen molar-refractivity contribution in [3.05, 3.63) is 54.5 Å². The molecular formula is C16H17N3O5S. The highest BCUT2D eigenvalue weighted by atomic mass is 32.2. The van der Waals surface area contributed by atoms with Crippen LogP contribution < -0.4 is 5.32 Å². The van der Waals surface area contributed by atoms with E-state index < -0.39 is 28.5 Å². The quantitative estimate of drug-likeness (QED) is 0.639. The topological polar surface area (TPSA) is 129 Å². The highest BCUT2D eigenvalue weighted by Gasteiger charge is 2.13. The fraction of sp³-hybridized carbons (Fsp3) is 0.188. The second-order valence-electron chi connectivity index (χ2n) is 5.25. The molecule has 0 spiro atoms. The van der Waals surface area contributed by atoms with Crippen LogP contribution in [0.5, 0.6) is 0 Å². The van der Waals surface area contributed by atoms with E-state index in [2.05, 4.69) is 21.9 Å². The van der Waals surface area contributed by atoms with Gasteiger partial charge in [-0.25, -0.2) is 13.4 Å². The van der Waals surface area contributed by atoms with Crippen LogP contribution in [-0.4, -0.2) is 47.4 Å². The first-order chi connectivity index (χ1) is 11.7. The summed E-state index contributed by atoms with van der Waals surface area (Å²) >= 11 is 0. The molecule has 3 N–H and O–H groups in total. The predicted octanol–water partition coefficient (Wildman–Crippen LogP) is 0.558. The summed E-state index contributed by atoms with van der Waals surface area (Å²) in [6.45, 7) is 3.20. The summed E-state index contributed by atoms with van der Waals surface area (Å²) in [4.78, 5) is 20.1. The van der Waals surface area contributed by atoms with Crippen LogP contribution in [0.3, 0.4) is 0 Å². The van der Waals surface area contributed by atoms with Gasteiger partial charge in [0.15, 0.2) is 15.7 Å². The molecule has 8 nitrogen and oxygen atoms in total. The number of carbonyl (C=O) groups excluding carboxylic acids is 1. The number of benzene rings is 1. The molecule has 0 radical (unpaired) electrons. The van der Waals surface area contributed by atoms with E-state index in [0.29, 0.717) is 5.56 Å². The SMILES string of the molecule is C=C(C(=O)Nc1cnc([C@H](O)CO)cn1)c1ccc(S(C)(=O)=O)cc1. The molecule has 1 atom stereocenters. The zero-order valence-electron chi connectivity index (χ0n) is 13.4. The van der Waals surface area contributed by atoms with Gasteiger partial charge >= 0.3 is 0 Å². The number of carbonyl (C=O) groups is 1. The molecule has 0 bridgehead atoms. The first kappa shape index (κ1) is 18.7. The molecule has 0 unspecified atom stereocenters. The Morgan fingerprint density at radius 2 is 1.88 bits per heavy atom. The molecule has 25 heavy (non-hydrogen) atoms. The molecule has 132 valence electrons. The summed E-state index contributed by atoms with van der Waals surface area (Å²) in [5, 5.41) is 20.8. The van der Waals surface area contributed by atoms with E-state index in [1.54, 1.807) is 0 Å². The number of hydrogen-bond acceptors (Lipinski definition) is 7. The Morgan fingerprint density at radius 1 is 1.24 bits per heavy atom. The number of amides is 1. The minimum absolute atomic E-state index is 0.126. The van der Waals surface area contributed by atoms with Crippen LogP contribution in [0.15, 0.2) is 48.1 Å². The molecule has 0 aliphatic heterocycles. The Morgan fingerprint density at radius 3 is 2.36 bits per heavy atom. The van der Waals surface area contributed by atoms with E-state index in [1.807, 2.05) is 0 Å². The monoisotopic (exact) mass is 363 g/mol. The Kier molecular flexibility index (Phi) is 5.62. The van der Waals surface area contributed by atoms with Crippen LogP contribution in [0.25, 0.3) is 5.57 Å². The molecule has 1 aromatic carbocycles. The van der Waals surface area contributed by atoms with E-state index in [-0.39, 0.29) is 22.0 Å². The standard InChI is InChI=1S/C16H17N3O5S/c1-10(11-3-5-12(6-4-11)25(2,23)24)16(22)19-15-8-17-13(7-18-15)14(21)9-20/h3-8,14,20-21H,1,9H2,2H3,(H,18,19,22)/t14-/m1/s1. The molecule has 2 aromatic rings. The molecular weight excluding hydrogens is 346 g/mol. The second kappa shape index (κ2) is 7.51. The van der Waals surface area contributed by atoms with Crippen LogP contribution in [0.4, 0.5) is 5.82 Å². The molecule has 1 aromatic heterocycles. The average molecular weight is 363 g/mol. The van der Waals surface area contributed by atoms with Crippen molar-refractivity contribution in [2.75, 3.05) is 18.2 Å². The smallest absolute Gasteiger partial charge is 0.256 e. The summed E-state index contributed by atoms with van der Waals surface area (Å²) in [5.74, 6) is -0.385. The largest absolute Gasteiger partial charge is 0.393 e. The lowest BCUT2D eigenvalue weighted by atomic mass is 10.1. The fourth-order valence-corrected chi connectivity index (χ4v) is 2.52. The van der Waals surface area contributed by atoms with Crippen molar-refractivity contribution in [1.29, 1.82) is 0 Å². The zero-order valence-corrected chi connectivity index (χ0v) is 14.2. The molecule has 0 aliphatic rings. The Bertz CT molecular complexity index is 877. The third-order valence-electron chi connectivity index (χ3n) is 3.33. The van der Waals surface area contributed by atoms with Gasteiger partial charge in [-0.1, -0.05) is 18.7 Å². The molecule has 0 saturated heterocycles. The van der Waals surface area contributed by atoms with Crippen molar-refractivity contribution in [3.63, 3.8) is 0 Å². The van der Waals surface area contributed by atoms with Crippen molar-refractivity contribution in [3.8, 4) is 0 Å². The minimum Gasteiger partial charge on any atom is -0.393 e. The maximum Gasteiger partial charge on any atom is 0.256 e. The number of nitrogens with one attached hydrogen (secondary N) is 1. The van der Waals surface area contributed by atoms with E-state index in [1.165, 1.54) is 36.7 Å². The Hall–Kier alpha value is -2.62. The lowest BCUT2D eigenvalue weighted by Gasteiger charge is -2.09. The maximum atomic E-state index is 12.2. The summed E-state index contributed by atoms with van der Waals surface area (Å²) in [6, 6.07) is 5.78. The molecule has 2 rings (SSSR count). The lowest BCUT2D eigenvalue weighted by molar-refractivity contribution is -0.111. The third kappa shape index (κ3) is 4.69. The molecule has 9 heteroatoms. The number of aromatic nitrogens is 2. The Labute approximate surface area is 144 Å². The number of anilines is 1. The molecule has 0 aliphatic carbocycles. The van der Waals surface area contributed by atoms with Gasteiger partial charge in [0, 0.05) is 11.8 Å². The van der Waals surface area contributed by atoms with Crippen molar-refractivity contribution in [2.45, 2.75) is 11.0 Å². The number of nitrogens with zero attached hydrogens (tertiary/aromatic N) is 2. The van der Waals surface area contributed by atoms with Gasteiger partial charge in [0.1, 0.15) is 6.10 Å². The number of sulfone groups is 1. The average Bonchev–Trinajstić information content (AvgIpc) is 2.60. The van der Waals surface area contributed by atoms with Crippen LogP contribution in [0, 0.1) is 0 Å². The summed E-state index contributed by atoms with van der Waals surface area (Å²) in [7, 11) is -3.31. The Balaban J connectivity index is 2.09. The van der Waals surface area contributed by atoms with Crippen LogP contribution in [0.1, 0.15) is 17.4 Å². The first-order valence-electron chi connectivity index (χ1n) is 7.14. The second-order valence-corrected chi connectivity index (χ2v) is 7.27. The summed E-state index contributed by atoms with van der Waals surface area (Å²) < 4.78 is 22.9. The van der Waals surface area contributed by atoms with Gasteiger partial charge in [0.25, 0.3) is 5.91 Å². The fourth-order valence-electron chi connectivity index (χ4n) is 1.89. The molecule has 0 fully saturated rings. The van der Waals surface area contributed by atoms with Gasteiger partial charge in [-0.15, -0.1) is 0 Å². The van der Waals surface area contributed by atoms with Crippen molar-refractivity contribution >= 4 is 27.1 Å². The number of rotatable bonds is 6. The van der Waals surface area contributed by atoms with Gasteiger partial charge in [-0.2, -0.15) is 0 Å².